The molecule has 2 N–H and O–H groups in total. The van der Waals surface area contributed by atoms with Gasteiger partial charge in [-0.1, -0.05) is 35.9 Å². The van der Waals surface area contributed by atoms with Crippen LogP contribution in [-0.2, 0) is 17.1 Å². The van der Waals surface area contributed by atoms with Gasteiger partial charge < -0.3 is 9.97 Å². The smallest absolute Gasteiger partial charge is 0.0659 e. The molecule has 0 fully saturated rings. The average Bonchev–Trinajstić information content (AvgIpc) is 3.55. The molecule has 4 nitrogen and oxygen atoms in total. The Hall–Kier alpha value is -3.66. The van der Waals surface area contributed by atoms with Crippen LogP contribution < -0.4 is 0 Å². The van der Waals surface area contributed by atoms with Gasteiger partial charge in [-0.3, -0.25) is 0 Å². The van der Waals surface area contributed by atoms with Gasteiger partial charge in [-0.25, -0.2) is 9.97 Å². The number of benzene rings is 1. The Kier molecular flexibility index (Phi) is 6.50. The predicted molar refractivity (Wildman–Crippen MR) is 130 cm³/mol. The Morgan fingerprint density at radius 3 is 1.31 bits per heavy atom. The van der Waals surface area contributed by atoms with Crippen LogP contribution in [0, 0.1) is 6.92 Å². The molecule has 0 saturated carbocycles. The normalized spacial score (nSPS) is 11.4. The van der Waals surface area contributed by atoms with Crippen LogP contribution in [0.3, 0.4) is 0 Å². The van der Waals surface area contributed by atoms with E-state index in [1.54, 1.807) is 0 Å². The molecule has 0 spiro atoms. The maximum absolute atomic E-state index is 4.62. The SMILES string of the molecule is C1=Cc2cc3ccc(cc4ccc(cc5nc(cc1n2)C=C5)[nH]4)[nH]3.Cc1ccccc1.[Fe]. The Morgan fingerprint density at radius 2 is 0.906 bits per heavy atom. The molecule has 158 valence electrons. The number of H-pyrrole nitrogens is 2. The van der Waals surface area contributed by atoms with Gasteiger partial charge in [-0.2, -0.15) is 0 Å². The van der Waals surface area contributed by atoms with E-state index in [1.807, 2.05) is 60.7 Å². The van der Waals surface area contributed by atoms with Crippen molar-refractivity contribution in [2.24, 2.45) is 0 Å². The van der Waals surface area contributed by atoms with Crippen molar-refractivity contribution in [3.05, 3.63) is 107 Å². The average molecular weight is 458 g/mol. The van der Waals surface area contributed by atoms with Gasteiger partial charge in [-0.15, -0.1) is 0 Å². The number of aromatic amines is 2. The molecule has 4 aromatic rings. The number of rotatable bonds is 0. The molecule has 1 aromatic carbocycles. The van der Waals surface area contributed by atoms with Crippen molar-refractivity contribution in [2.75, 3.05) is 0 Å². The summed E-state index contributed by atoms with van der Waals surface area (Å²) < 4.78 is 0. The van der Waals surface area contributed by atoms with Crippen LogP contribution in [-0.4, -0.2) is 19.9 Å². The fourth-order valence-electron chi connectivity index (χ4n) is 3.48. The topological polar surface area (TPSA) is 57.4 Å². The number of nitrogens with one attached hydrogen (secondary N) is 2. The van der Waals surface area contributed by atoms with Crippen molar-refractivity contribution in [3.63, 3.8) is 0 Å². The summed E-state index contributed by atoms with van der Waals surface area (Å²) in [5.41, 5.74) is 9.18. The monoisotopic (exact) mass is 458 g/mol. The van der Waals surface area contributed by atoms with Crippen LogP contribution in [0.2, 0.25) is 0 Å². The third kappa shape index (κ3) is 5.33. The number of hydrogen-bond donors (Lipinski definition) is 2. The summed E-state index contributed by atoms with van der Waals surface area (Å²) in [6.07, 6.45) is 8.05. The third-order valence-electron chi connectivity index (χ3n) is 4.98. The van der Waals surface area contributed by atoms with E-state index in [2.05, 4.69) is 69.3 Å². The Labute approximate surface area is 197 Å². The summed E-state index contributed by atoms with van der Waals surface area (Å²) in [6, 6.07) is 26.7. The molecule has 5 heterocycles. The van der Waals surface area contributed by atoms with Gasteiger partial charge in [0.15, 0.2) is 0 Å². The first kappa shape index (κ1) is 21.6. The van der Waals surface area contributed by atoms with Crippen molar-refractivity contribution in [2.45, 2.75) is 6.92 Å². The first-order chi connectivity index (χ1) is 15.2. The zero-order valence-corrected chi connectivity index (χ0v) is 18.7. The van der Waals surface area contributed by atoms with Gasteiger partial charge in [-0.05, 0) is 79.8 Å². The first-order valence-corrected chi connectivity index (χ1v) is 10.3. The van der Waals surface area contributed by atoms with Crippen molar-refractivity contribution < 1.29 is 17.1 Å². The van der Waals surface area contributed by atoms with Gasteiger partial charge in [0, 0.05) is 39.1 Å². The van der Waals surface area contributed by atoms with Crippen LogP contribution in [0.1, 0.15) is 28.3 Å². The van der Waals surface area contributed by atoms with Gasteiger partial charge in [0.2, 0.25) is 0 Å². The quantitative estimate of drug-likeness (QED) is 0.251. The minimum atomic E-state index is 0. The number of hydrogen-bond acceptors (Lipinski definition) is 2. The molecule has 5 heteroatoms. The molecule has 0 amide bonds. The van der Waals surface area contributed by atoms with Crippen molar-refractivity contribution in [1.29, 1.82) is 0 Å². The second-order valence-electron chi connectivity index (χ2n) is 7.56. The second kappa shape index (κ2) is 9.65. The minimum Gasteiger partial charge on any atom is -0.355 e. The zero-order valence-electron chi connectivity index (χ0n) is 17.6. The van der Waals surface area contributed by atoms with E-state index in [0.29, 0.717) is 0 Å². The van der Waals surface area contributed by atoms with Gasteiger partial charge in [0.05, 0.1) is 22.8 Å². The van der Waals surface area contributed by atoms with Crippen molar-refractivity contribution >= 4 is 46.4 Å². The van der Waals surface area contributed by atoms with Crippen LogP contribution in [0.5, 0.6) is 0 Å². The summed E-state index contributed by atoms with van der Waals surface area (Å²) in [4.78, 5) is 16.0. The van der Waals surface area contributed by atoms with Crippen LogP contribution in [0.15, 0.2) is 78.9 Å². The van der Waals surface area contributed by atoms with Crippen LogP contribution in [0.4, 0.5) is 0 Å². The first-order valence-electron chi connectivity index (χ1n) is 10.3. The third-order valence-corrected chi connectivity index (χ3v) is 4.98. The molecule has 2 aliphatic heterocycles. The molecular formula is C27H22FeN4. The van der Waals surface area contributed by atoms with Crippen molar-refractivity contribution in [1.82, 2.24) is 19.9 Å². The Morgan fingerprint density at radius 1 is 0.500 bits per heavy atom. The molecule has 0 aliphatic carbocycles. The van der Waals surface area contributed by atoms with E-state index < -0.39 is 0 Å². The number of nitrogens with zero attached hydrogens (tertiary/aromatic N) is 2. The summed E-state index contributed by atoms with van der Waals surface area (Å²) in [5.74, 6) is 0. The molecule has 0 unspecified atom stereocenters. The molecule has 0 atom stereocenters. The number of fused-ring (bicyclic) bond motifs is 8. The fraction of sp³-hybridized carbons (Fsp3) is 0.0370. The maximum Gasteiger partial charge on any atom is 0.0659 e. The molecule has 8 bridgehead atoms. The summed E-state index contributed by atoms with van der Waals surface area (Å²) in [5, 5.41) is 0. The predicted octanol–water partition coefficient (Wildman–Crippen LogP) is 6.65. The summed E-state index contributed by atoms with van der Waals surface area (Å²) in [6.45, 7) is 2.08. The van der Waals surface area contributed by atoms with Gasteiger partial charge >= 0.3 is 0 Å². The van der Waals surface area contributed by atoms with E-state index in [9.17, 15) is 0 Å². The molecule has 0 radical (unpaired) electrons. The maximum atomic E-state index is 4.62. The van der Waals surface area contributed by atoms with E-state index in [1.165, 1.54) is 5.56 Å². The van der Waals surface area contributed by atoms with E-state index >= 15 is 0 Å². The van der Waals surface area contributed by atoms with E-state index in [4.69, 9.17) is 0 Å². The van der Waals surface area contributed by atoms with E-state index in [0.717, 1.165) is 44.8 Å². The number of aryl methyl sites for hydroxylation is 1. The molecule has 0 saturated heterocycles. The number of aromatic nitrogens is 4. The summed E-state index contributed by atoms with van der Waals surface area (Å²) >= 11 is 0. The van der Waals surface area contributed by atoms with Crippen LogP contribution in [0.25, 0.3) is 46.4 Å². The Balaban J connectivity index is 0.000000265. The standard InChI is InChI=1S/C20H14N4.C7H8.Fe/c1-2-14-10-16-5-6-18(23-16)12-20-8-7-19(24-20)11-17-4-3-15(22-17)9-13(1)21-14;1-7-5-3-2-4-6-7;/h1-12,21-22H;2-6H,1H3;. The van der Waals surface area contributed by atoms with Gasteiger partial charge in [0.25, 0.3) is 0 Å². The fourth-order valence-corrected chi connectivity index (χ4v) is 3.48. The zero-order chi connectivity index (χ0) is 21.0. The van der Waals surface area contributed by atoms with Crippen molar-refractivity contribution in [3.8, 4) is 0 Å². The van der Waals surface area contributed by atoms with Gasteiger partial charge in [0.1, 0.15) is 0 Å². The molecular weight excluding hydrogens is 436 g/mol. The molecule has 32 heavy (non-hydrogen) atoms. The van der Waals surface area contributed by atoms with E-state index in [-0.39, 0.29) is 17.1 Å². The molecule has 3 aromatic heterocycles. The second-order valence-corrected chi connectivity index (χ2v) is 7.56. The Bertz CT molecular complexity index is 1350. The minimum absolute atomic E-state index is 0. The molecule has 6 rings (SSSR count). The largest absolute Gasteiger partial charge is 0.355 e. The van der Waals surface area contributed by atoms with Crippen LogP contribution >= 0.6 is 0 Å². The summed E-state index contributed by atoms with van der Waals surface area (Å²) in [7, 11) is 0. The molecule has 2 aliphatic rings.